The average Bonchev–Trinajstić information content (AvgIpc) is 2.26. The molecule has 0 aliphatic heterocycles. The van der Waals surface area contributed by atoms with Crippen LogP contribution < -0.4 is 18.9 Å². The minimum absolute atomic E-state index is 0. The van der Waals surface area contributed by atoms with Crippen molar-refractivity contribution in [1.82, 2.24) is 0 Å². The van der Waals surface area contributed by atoms with Crippen molar-refractivity contribution in [3.63, 3.8) is 0 Å². The van der Waals surface area contributed by atoms with Crippen molar-refractivity contribution in [2.45, 2.75) is 40.4 Å². The van der Waals surface area contributed by atoms with Crippen LogP contribution in [0, 0.1) is 32.5 Å². The van der Waals surface area contributed by atoms with Gasteiger partial charge in [0.05, 0.1) is 0 Å². The van der Waals surface area contributed by atoms with Crippen LogP contribution in [0.15, 0.2) is 24.1 Å². The van der Waals surface area contributed by atoms with Crippen LogP contribution in [0.4, 0.5) is 0 Å². The number of methoxy groups -OCH3 is 1. The predicted molar refractivity (Wildman–Crippen MR) is 87.1 cm³/mol. The zero-order valence-electron chi connectivity index (χ0n) is 15.1. The Morgan fingerprint density at radius 3 is 2.05 bits per heavy atom. The van der Waals surface area contributed by atoms with Gasteiger partial charge in [-0.3, -0.25) is 5.73 Å². The fourth-order valence-corrected chi connectivity index (χ4v) is 1.99. The molecule has 0 fully saturated rings. The Morgan fingerprint density at radius 1 is 1.18 bits per heavy atom. The fourth-order valence-electron chi connectivity index (χ4n) is 1.50. The summed E-state index contributed by atoms with van der Waals surface area (Å²) >= 11 is 0. The van der Waals surface area contributed by atoms with Gasteiger partial charge in [0.2, 0.25) is 0 Å². The first-order valence-electron chi connectivity index (χ1n) is 6.66. The molecular formula is C17H26CuLiO2Si. The van der Waals surface area contributed by atoms with Gasteiger partial charge < -0.3 is 9.47 Å². The van der Waals surface area contributed by atoms with E-state index in [1.54, 1.807) is 7.11 Å². The third kappa shape index (κ3) is 17.9. The number of aryl methyl sites for hydroxylation is 3. The SMILES string of the molecule is COCOC=C=[C-][Si](C)(C)C.Cc1[c-]c(C)cc(C)c1.[Cu+].[Li+]. The van der Waals surface area contributed by atoms with E-state index in [-0.39, 0.29) is 42.7 Å². The number of hydrogen-bond acceptors (Lipinski definition) is 2. The van der Waals surface area contributed by atoms with Crippen molar-refractivity contribution in [2.24, 2.45) is 0 Å². The Labute approximate surface area is 160 Å². The number of hydrogen-bond donors (Lipinski definition) is 0. The Hall–Kier alpha value is -0.166. The summed E-state index contributed by atoms with van der Waals surface area (Å²) in [6, 6.07) is 7.47. The van der Waals surface area contributed by atoms with E-state index in [0.717, 1.165) is 0 Å². The van der Waals surface area contributed by atoms with E-state index in [1.807, 2.05) is 0 Å². The first-order valence-corrected chi connectivity index (χ1v) is 10.2. The number of ether oxygens (including phenoxy) is 2. The maximum Gasteiger partial charge on any atom is 1.00 e. The van der Waals surface area contributed by atoms with Gasteiger partial charge in [0.15, 0.2) is 6.79 Å². The van der Waals surface area contributed by atoms with Crippen molar-refractivity contribution in [3.8, 4) is 0 Å². The summed E-state index contributed by atoms with van der Waals surface area (Å²) in [5.74, 6) is 0. The molecule has 22 heavy (non-hydrogen) atoms. The number of rotatable bonds is 4. The van der Waals surface area contributed by atoms with E-state index in [4.69, 9.17) is 4.74 Å². The third-order valence-corrected chi connectivity index (χ3v) is 2.95. The number of benzene rings is 1. The van der Waals surface area contributed by atoms with Gasteiger partial charge in [0.25, 0.3) is 0 Å². The molecule has 0 N–H and O–H groups in total. The molecule has 2 nitrogen and oxygen atoms in total. The molecule has 0 saturated heterocycles. The van der Waals surface area contributed by atoms with Crippen LogP contribution in [0.25, 0.3) is 0 Å². The Balaban J connectivity index is -0.000000304. The fraction of sp³-hybridized carbons (Fsp3) is 0.471. The van der Waals surface area contributed by atoms with E-state index in [0.29, 0.717) is 0 Å². The quantitative estimate of drug-likeness (QED) is 0.202. The molecule has 122 valence electrons. The van der Waals surface area contributed by atoms with Crippen LogP contribution in [0.2, 0.25) is 19.6 Å². The molecular weight excluding hydrogens is 335 g/mol. The van der Waals surface area contributed by atoms with Gasteiger partial charge in [-0.25, -0.2) is 5.70 Å². The largest absolute Gasteiger partial charge is 1.00 e. The molecule has 0 atom stereocenters. The van der Waals surface area contributed by atoms with Crippen molar-refractivity contribution in [3.05, 3.63) is 52.6 Å². The molecule has 0 spiro atoms. The second kappa shape index (κ2) is 14.4. The Morgan fingerprint density at radius 2 is 1.68 bits per heavy atom. The van der Waals surface area contributed by atoms with Gasteiger partial charge in [-0.05, 0) is 14.3 Å². The molecule has 1 aromatic rings. The Kier molecular flexibility index (Phi) is 17.5. The second-order valence-corrected chi connectivity index (χ2v) is 10.5. The summed E-state index contributed by atoms with van der Waals surface area (Å²) in [5.41, 5.74) is 9.76. The molecule has 0 unspecified atom stereocenters. The standard InChI is InChI=1S/C9H11.C8H15O2Si.Cu.Li/c1-7-4-8(2)6-9(3)5-7;1-9-8-10-6-5-7-11(2,3)4;;/h4-5H,1-3H3;6H,8H2,1-4H3;;/q2*-1;2*+1. The van der Waals surface area contributed by atoms with Crippen LogP contribution in [-0.2, 0) is 26.5 Å². The molecule has 0 aliphatic rings. The first kappa shape index (κ1) is 26.7. The molecule has 0 aliphatic carbocycles. The molecule has 5 heteroatoms. The van der Waals surface area contributed by atoms with Crippen LogP contribution in [0.5, 0.6) is 0 Å². The van der Waals surface area contributed by atoms with Crippen LogP contribution in [-0.4, -0.2) is 22.0 Å². The summed E-state index contributed by atoms with van der Waals surface area (Å²) in [6.07, 6.45) is 1.49. The van der Waals surface area contributed by atoms with Crippen molar-refractivity contribution in [2.75, 3.05) is 13.9 Å². The zero-order valence-corrected chi connectivity index (χ0v) is 17.0. The van der Waals surface area contributed by atoms with E-state index in [1.165, 1.54) is 23.0 Å². The van der Waals surface area contributed by atoms with Crippen molar-refractivity contribution in [1.29, 1.82) is 0 Å². The van der Waals surface area contributed by atoms with Crippen LogP contribution >= 0.6 is 0 Å². The van der Waals surface area contributed by atoms with Crippen LogP contribution in [0.3, 0.4) is 0 Å². The topological polar surface area (TPSA) is 18.5 Å². The molecule has 1 aromatic carbocycles. The van der Waals surface area contributed by atoms with Gasteiger partial charge in [-0.1, -0.05) is 40.4 Å². The summed E-state index contributed by atoms with van der Waals surface area (Å²) in [7, 11) is 0.353. The molecule has 0 amide bonds. The minimum Gasteiger partial charge on any atom is -0.557 e. The van der Waals surface area contributed by atoms with E-state index in [2.05, 4.69) is 74.8 Å². The van der Waals surface area contributed by atoms with Crippen molar-refractivity contribution < 1.29 is 45.4 Å². The zero-order chi connectivity index (χ0) is 15.6. The third-order valence-electron chi connectivity index (χ3n) is 2.06. The molecule has 0 heterocycles. The summed E-state index contributed by atoms with van der Waals surface area (Å²) < 4.78 is 9.54. The smallest absolute Gasteiger partial charge is 0.557 e. The normalized spacial score (nSPS) is 9.05. The van der Waals surface area contributed by atoms with Gasteiger partial charge in [-0.15, -0.1) is 0 Å². The average molecular weight is 361 g/mol. The molecule has 0 radical (unpaired) electrons. The second-order valence-electron chi connectivity index (χ2n) is 5.73. The maximum absolute atomic E-state index is 4.88. The van der Waals surface area contributed by atoms with Gasteiger partial charge in [0, 0.05) is 7.11 Å². The van der Waals surface area contributed by atoms with E-state index >= 15 is 0 Å². The molecule has 0 bridgehead atoms. The van der Waals surface area contributed by atoms with Crippen LogP contribution in [0.1, 0.15) is 16.7 Å². The van der Waals surface area contributed by atoms with E-state index in [9.17, 15) is 0 Å². The minimum atomic E-state index is -1.23. The maximum atomic E-state index is 4.88. The molecule has 1 rings (SSSR count). The predicted octanol–water partition coefficient (Wildman–Crippen LogP) is 1.37. The summed E-state index contributed by atoms with van der Waals surface area (Å²) in [5, 5.41) is 0. The van der Waals surface area contributed by atoms with E-state index < -0.39 is 8.07 Å². The van der Waals surface area contributed by atoms with Gasteiger partial charge >= 0.3 is 35.9 Å². The van der Waals surface area contributed by atoms with Gasteiger partial charge in [-0.2, -0.15) is 34.9 Å². The monoisotopic (exact) mass is 360 g/mol. The molecule has 0 saturated carbocycles. The molecule has 0 aromatic heterocycles. The summed E-state index contributed by atoms with van der Waals surface area (Å²) in [4.78, 5) is 0. The summed E-state index contributed by atoms with van der Waals surface area (Å²) in [6.45, 7) is 13.1. The van der Waals surface area contributed by atoms with Gasteiger partial charge in [0.1, 0.15) is 0 Å². The van der Waals surface area contributed by atoms with Crippen molar-refractivity contribution >= 4 is 8.07 Å². The Bertz CT molecular complexity index is 414. The first-order chi connectivity index (χ1) is 9.24.